The molecule has 1 unspecified atom stereocenters. The van der Waals surface area contributed by atoms with Crippen molar-refractivity contribution in [2.75, 3.05) is 22.4 Å². The number of fused-ring (bicyclic) bond motifs is 1. The number of anilines is 2. The molecule has 31 heavy (non-hydrogen) atoms. The maximum Gasteiger partial charge on any atom is 0.265 e. The second-order valence-electron chi connectivity index (χ2n) is 7.10. The van der Waals surface area contributed by atoms with Crippen LogP contribution < -0.4 is 14.4 Å². The van der Waals surface area contributed by atoms with Gasteiger partial charge in [-0.1, -0.05) is 54.2 Å². The Morgan fingerprint density at radius 1 is 1.00 bits per heavy atom. The highest BCUT2D eigenvalue weighted by Gasteiger charge is 2.31. The van der Waals surface area contributed by atoms with Crippen molar-refractivity contribution in [3.05, 3.63) is 78.9 Å². The van der Waals surface area contributed by atoms with Crippen molar-refractivity contribution in [2.24, 2.45) is 0 Å². The predicted octanol–water partition coefficient (Wildman–Crippen LogP) is 4.39. The van der Waals surface area contributed by atoms with Crippen molar-refractivity contribution in [3.8, 4) is 5.75 Å². The van der Waals surface area contributed by atoms with Gasteiger partial charge in [0, 0.05) is 22.8 Å². The lowest BCUT2D eigenvalue weighted by molar-refractivity contribution is -0.122. The first kappa shape index (κ1) is 21.3. The van der Waals surface area contributed by atoms with Gasteiger partial charge in [0.15, 0.2) is 6.10 Å². The fourth-order valence-electron chi connectivity index (χ4n) is 3.35. The molecule has 0 fully saturated rings. The molecule has 1 heterocycles. The van der Waals surface area contributed by atoms with E-state index in [2.05, 4.69) is 5.32 Å². The van der Waals surface area contributed by atoms with Crippen LogP contribution in [0.3, 0.4) is 0 Å². The highest BCUT2D eigenvalue weighted by atomic mass is 32.2. The van der Waals surface area contributed by atoms with E-state index in [9.17, 15) is 13.2 Å². The second kappa shape index (κ2) is 9.03. The zero-order valence-corrected chi connectivity index (χ0v) is 18.5. The van der Waals surface area contributed by atoms with Gasteiger partial charge in [0.05, 0.1) is 17.6 Å². The number of nitrogens with one attached hydrogen (secondary N) is 1. The van der Waals surface area contributed by atoms with Gasteiger partial charge in [-0.2, -0.15) is 0 Å². The van der Waals surface area contributed by atoms with E-state index < -0.39 is 16.1 Å². The number of carbonyl (C=O) groups excluding carboxylic acids is 1. The number of carbonyl (C=O) groups is 1. The number of rotatable bonds is 5. The average molecular weight is 455 g/mol. The van der Waals surface area contributed by atoms with E-state index in [1.54, 1.807) is 36.0 Å². The highest BCUT2D eigenvalue weighted by Crippen LogP contribution is 2.35. The number of sulfonamides is 1. The molecule has 1 amide bonds. The SMILES string of the molecule is CS(=O)(=O)N1CCC(C(=O)Nc2ccccc2Sc2ccccc2)Oc2ccccc21. The molecule has 1 atom stereocenters. The third-order valence-electron chi connectivity index (χ3n) is 4.81. The molecule has 1 aliphatic rings. The fraction of sp³-hybridized carbons (Fsp3) is 0.174. The van der Waals surface area contributed by atoms with Gasteiger partial charge in [0.25, 0.3) is 5.91 Å². The molecule has 6 nitrogen and oxygen atoms in total. The molecule has 4 rings (SSSR count). The first-order valence-electron chi connectivity index (χ1n) is 9.78. The van der Waals surface area contributed by atoms with Crippen molar-refractivity contribution in [2.45, 2.75) is 22.3 Å². The Bertz CT molecular complexity index is 1180. The van der Waals surface area contributed by atoms with Crippen LogP contribution in [0.25, 0.3) is 0 Å². The number of hydrogen-bond acceptors (Lipinski definition) is 5. The Kier molecular flexibility index (Phi) is 6.20. The minimum absolute atomic E-state index is 0.161. The topological polar surface area (TPSA) is 75.7 Å². The van der Waals surface area contributed by atoms with Crippen LogP contribution in [0.4, 0.5) is 11.4 Å². The lowest BCUT2D eigenvalue weighted by Gasteiger charge is -2.20. The molecule has 3 aromatic carbocycles. The molecule has 0 bridgehead atoms. The Morgan fingerprint density at radius 2 is 1.68 bits per heavy atom. The van der Waals surface area contributed by atoms with Gasteiger partial charge >= 0.3 is 0 Å². The Morgan fingerprint density at radius 3 is 2.45 bits per heavy atom. The number of ether oxygens (including phenoxy) is 1. The molecule has 1 N–H and O–H groups in total. The van der Waals surface area contributed by atoms with Gasteiger partial charge in [-0.05, 0) is 36.4 Å². The van der Waals surface area contributed by atoms with Crippen molar-refractivity contribution in [3.63, 3.8) is 0 Å². The summed E-state index contributed by atoms with van der Waals surface area (Å²) in [7, 11) is -3.49. The summed E-state index contributed by atoms with van der Waals surface area (Å²) < 4.78 is 31.7. The number of nitrogens with zero attached hydrogens (tertiary/aromatic N) is 1. The minimum Gasteiger partial charge on any atom is -0.478 e. The van der Waals surface area contributed by atoms with E-state index in [0.717, 1.165) is 16.0 Å². The summed E-state index contributed by atoms with van der Waals surface area (Å²) >= 11 is 1.56. The Hall–Kier alpha value is -2.97. The molecule has 0 aliphatic carbocycles. The van der Waals surface area contributed by atoms with Crippen molar-refractivity contribution < 1.29 is 17.9 Å². The number of para-hydroxylation sites is 3. The van der Waals surface area contributed by atoms with Crippen molar-refractivity contribution >= 4 is 39.1 Å². The molecule has 0 radical (unpaired) electrons. The second-order valence-corrected chi connectivity index (χ2v) is 10.1. The molecule has 0 saturated heterocycles. The molecule has 160 valence electrons. The zero-order chi connectivity index (χ0) is 21.8. The van der Waals surface area contributed by atoms with E-state index in [-0.39, 0.29) is 18.9 Å². The van der Waals surface area contributed by atoms with Gasteiger partial charge in [-0.15, -0.1) is 0 Å². The summed E-state index contributed by atoms with van der Waals surface area (Å²) in [4.78, 5) is 15.1. The summed E-state index contributed by atoms with van der Waals surface area (Å²) in [6.07, 6.45) is 0.575. The third-order valence-corrected chi connectivity index (χ3v) is 7.07. The van der Waals surface area contributed by atoms with Gasteiger partial charge in [-0.25, -0.2) is 8.42 Å². The highest BCUT2D eigenvalue weighted by molar-refractivity contribution is 7.99. The van der Waals surface area contributed by atoms with Crippen LogP contribution in [-0.2, 0) is 14.8 Å². The van der Waals surface area contributed by atoms with E-state index in [4.69, 9.17) is 4.74 Å². The molecular formula is C23H22N2O4S2. The minimum atomic E-state index is -3.49. The summed E-state index contributed by atoms with van der Waals surface area (Å²) in [6.45, 7) is 0.161. The normalized spacial score (nSPS) is 16.0. The molecule has 3 aromatic rings. The Labute approximate surface area is 186 Å². The molecule has 0 aromatic heterocycles. The van der Waals surface area contributed by atoms with Crippen LogP contribution in [0.2, 0.25) is 0 Å². The lowest BCUT2D eigenvalue weighted by Crippen LogP contribution is -2.36. The van der Waals surface area contributed by atoms with Crippen LogP contribution >= 0.6 is 11.8 Å². The monoisotopic (exact) mass is 454 g/mol. The van der Waals surface area contributed by atoms with Gasteiger partial charge in [0.2, 0.25) is 10.0 Å². The molecular weight excluding hydrogens is 432 g/mol. The number of amides is 1. The van der Waals surface area contributed by atoms with Gasteiger partial charge < -0.3 is 10.1 Å². The van der Waals surface area contributed by atoms with E-state index in [0.29, 0.717) is 17.1 Å². The number of benzene rings is 3. The summed E-state index contributed by atoms with van der Waals surface area (Å²) in [5, 5.41) is 2.96. The lowest BCUT2D eigenvalue weighted by atomic mass is 10.2. The Balaban J connectivity index is 1.55. The van der Waals surface area contributed by atoms with Crippen LogP contribution in [0.5, 0.6) is 5.75 Å². The zero-order valence-electron chi connectivity index (χ0n) is 16.9. The van der Waals surface area contributed by atoms with Crippen LogP contribution in [0.15, 0.2) is 88.7 Å². The first-order valence-corrected chi connectivity index (χ1v) is 12.4. The summed E-state index contributed by atoms with van der Waals surface area (Å²) in [5.41, 5.74) is 1.13. The van der Waals surface area contributed by atoms with Crippen molar-refractivity contribution in [1.82, 2.24) is 0 Å². The third kappa shape index (κ3) is 5.03. The van der Waals surface area contributed by atoms with Gasteiger partial charge in [-0.3, -0.25) is 9.10 Å². The van der Waals surface area contributed by atoms with Crippen molar-refractivity contribution in [1.29, 1.82) is 0 Å². The predicted molar refractivity (Wildman–Crippen MR) is 123 cm³/mol. The van der Waals surface area contributed by atoms with Gasteiger partial charge in [0.1, 0.15) is 5.75 Å². The average Bonchev–Trinajstić information content (AvgIpc) is 2.96. The fourth-order valence-corrected chi connectivity index (χ4v) is 5.21. The first-order chi connectivity index (χ1) is 14.9. The maximum absolute atomic E-state index is 13.1. The van der Waals surface area contributed by atoms with E-state index in [1.807, 2.05) is 54.6 Å². The van der Waals surface area contributed by atoms with E-state index >= 15 is 0 Å². The number of hydrogen-bond donors (Lipinski definition) is 1. The largest absolute Gasteiger partial charge is 0.478 e. The summed E-state index contributed by atoms with van der Waals surface area (Å²) in [5.74, 6) is 0.0591. The maximum atomic E-state index is 13.1. The molecule has 1 aliphatic heterocycles. The smallest absolute Gasteiger partial charge is 0.265 e. The van der Waals surface area contributed by atoms with E-state index in [1.165, 1.54) is 4.31 Å². The molecule has 0 spiro atoms. The standard InChI is InChI=1S/C23H22N2O4S2/c1-31(27,28)25-16-15-21(29-20-13-7-6-12-19(20)25)23(26)24-18-11-5-8-14-22(18)30-17-9-3-2-4-10-17/h2-14,21H,15-16H2,1H3,(H,24,26). The molecule has 8 heteroatoms. The van der Waals surface area contributed by atoms with Crippen LogP contribution in [0.1, 0.15) is 6.42 Å². The molecule has 0 saturated carbocycles. The van der Waals surface area contributed by atoms with Crippen LogP contribution in [-0.4, -0.2) is 33.2 Å². The van der Waals surface area contributed by atoms with Crippen LogP contribution in [0, 0.1) is 0 Å². The quantitative estimate of drug-likeness (QED) is 0.619. The summed E-state index contributed by atoms with van der Waals surface area (Å²) in [6, 6.07) is 24.3.